The minimum atomic E-state index is -1.99. The van der Waals surface area contributed by atoms with Crippen molar-refractivity contribution in [2.24, 2.45) is 0 Å². The first-order valence-corrected chi connectivity index (χ1v) is 41.9. The molecule has 107 heavy (non-hydrogen) atoms. The van der Waals surface area contributed by atoms with E-state index in [0.29, 0.717) is 12.8 Å². The second kappa shape index (κ2) is 66.5. The molecule has 3 rings (SSSR count). The van der Waals surface area contributed by atoms with Crippen molar-refractivity contribution in [3.63, 3.8) is 0 Å². The number of ether oxygens (including phenoxy) is 6. The van der Waals surface area contributed by atoms with Crippen LogP contribution in [-0.4, -0.2) is 193 Å². The van der Waals surface area contributed by atoms with Gasteiger partial charge < -0.3 is 89.9 Å². The Hall–Kier alpha value is -4.07. The molecule has 0 spiro atoms. The fourth-order valence-electron chi connectivity index (χ4n) is 13.3. The Morgan fingerprint density at radius 3 is 1.05 bits per heavy atom. The summed E-state index contributed by atoms with van der Waals surface area (Å²) in [7, 11) is 0. The molecule has 0 aliphatic carbocycles. The average molecular weight is 1510 g/mol. The van der Waals surface area contributed by atoms with E-state index in [0.717, 1.165) is 109 Å². The zero-order valence-electron chi connectivity index (χ0n) is 65.8. The van der Waals surface area contributed by atoms with Gasteiger partial charge in [-0.05, 0) is 103 Å². The summed E-state index contributed by atoms with van der Waals surface area (Å²) in [6.07, 6.45) is 68.7. The molecule has 19 nitrogen and oxygen atoms in total. The lowest BCUT2D eigenvalue weighted by molar-refractivity contribution is -0.379. The first kappa shape index (κ1) is 97.1. The van der Waals surface area contributed by atoms with E-state index in [1.54, 1.807) is 6.08 Å². The topological polar surface area (TPSA) is 307 Å². The van der Waals surface area contributed by atoms with Gasteiger partial charge in [0.25, 0.3) is 0 Å². The summed E-state index contributed by atoms with van der Waals surface area (Å²) >= 11 is 0. The van der Waals surface area contributed by atoms with Crippen molar-refractivity contribution in [3.05, 3.63) is 134 Å². The lowest BCUT2D eigenvalue weighted by Crippen LogP contribution is -2.66. The number of allylic oxidation sites excluding steroid dienone is 21. The smallest absolute Gasteiger partial charge is 0.220 e. The van der Waals surface area contributed by atoms with Gasteiger partial charge in [0.2, 0.25) is 5.91 Å². The molecule has 0 saturated carbocycles. The van der Waals surface area contributed by atoms with E-state index in [9.17, 15) is 61.0 Å². The number of carbonyl (C=O) groups is 1. The number of aliphatic hydroxyl groups excluding tert-OH is 11. The third-order valence-corrected chi connectivity index (χ3v) is 19.9. The Bertz CT molecular complexity index is 2450. The number of hydrogen-bond acceptors (Lipinski definition) is 18. The van der Waals surface area contributed by atoms with Gasteiger partial charge in [-0.1, -0.05) is 308 Å². The van der Waals surface area contributed by atoms with E-state index < -0.39 is 124 Å². The maximum absolute atomic E-state index is 13.5. The Labute approximate surface area is 645 Å². The highest BCUT2D eigenvalue weighted by Gasteiger charge is 2.54. The van der Waals surface area contributed by atoms with Crippen LogP contribution in [0.1, 0.15) is 284 Å². The van der Waals surface area contributed by atoms with Crippen molar-refractivity contribution >= 4 is 5.91 Å². The second-order valence-corrected chi connectivity index (χ2v) is 29.2. The molecule has 12 N–H and O–H groups in total. The quantitative estimate of drug-likeness (QED) is 0.0199. The van der Waals surface area contributed by atoms with Crippen molar-refractivity contribution in [2.75, 3.05) is 26.4 Å². The summed E-state index contributed by atoms with van der Waals surface area (Å²) in [5, 5.41) is 121. The summed E-state index contributed by atoms with van der Waals surface area (Å²) in [4.78, 5) is 13.5. The maximum atomic E-state index is 13.5. The molecule has 0 bridgehead atoms. The van der Waals surface area contributed by atoms with Crippen LogP contribution in [0.3, 0.4) is 0 Å². The minimum Gasteiger partial charge on any atom is -0.394 e. The maximum Gasteiger partial charge on any atom is 0.220 e. The van der Waals surface area contributed by atoms with Gasteiger partial charge >= 0.3 is 0 Å². The number of unbranched alkanes of at least 4 members (excludes halogenated alkanes) is 29. The summed E-state index contributed by atoms with van der Waals surface area (Å²) in [6, 6.07) is -1.01. The third-order valence-electron chi connectivity index (χ3n) is 19.9. The molecule has 1 amide bonds. The van der Waals surface area contributed by atoms with Crippen LogP contribution in [0.4, 0.5) is 0 Å². The Morgan fingerprint density at radius 1 is 0.346 bits per heavy atom. The van der Waals surface area contributed by atoms with Gasteiger partial charge in [-0.3, -0.25) is 4.79 Å². The first-order chi connectivity index (χ1) is 52.3. The average Bonchev–Trinajstić information content (AvgIpc) is 0.782. The molecule has 3 aliphatic heterocycles. The van der Waals surface area contributed by atoms with Gasteiger partial charge in [0.15, 0.2) is 18.9 Å². The van der Waals surface area contributed by atoms with Crippen molar-refractivity contribution in [2.45, 2.75) is 388 Å². The van der Waals surface area contributed by atoms with E-state index in [1.165, 1.54) is 141 Å². The molecule has 0 aromatic carbocycles. The van der Waals surface area contributed by atoms with Crippen LogP contribution in [0.5, 0.6) is 0 Å². The highest BCUT2D eigenvalue weighted by atomic mass is 16.8. The summed E-state index contributed by atoms with van der Waals surface area (Å²) < 4.78 is 34.4. The molecular weight excluding hydrogens is 1360 g/mol. The fourth-order valence-corrected chi connectivity index (χ4v) is 13.3. The van der Waals surface area contributed by atoms with E-state index in [4.69, 9.17) is 28.4 Å². The van der Waals surface area contributed by atoms with Crippen molar-refractivity contribution in [1.29, 1.82) is 0 Å². The van der Waals surface area contributed by atoms with Gasteiger partial charge in [-0.2, -0.15) is 0 Å². The van der Waals surface area contributed by atoms with E-state index in [-0.39, 0.29) is 18.9 Å². The molecule has 19 heteroatoms. The molecule has 17 unspecified atom stereocenters. The first-order valence-electron chi connectivity index (χ1n) is 41.9. The minimum absolute atomic E-state index is 0.204. The lowest BCUT2D eigenvalue weighted by atomic mass is 9.96. The van der Waals surface area contributed by atoms with Gasteiger partial charge in [0.1, 0.15) is 73.2 Å². The molecular formula is C88H149NO18. The van der Waals surface area contributed by atoms with Crippen molar-refractivity contribution in [3.8, 4) is 0 Å². The Balaban J connectivity index is 1.39. The van der Waals surface area contributed by atoms with E-state index >= 15 is 0 Å². The van der Waals surface area contributed by atoms with Crippen LogP contribution in [-0.2, 0) is 33.2 Å². The summed E-state index contributed by atoms with van der Waals surface area (Å²) in [6.45, 7) is 1.60. The van der Waals surface area contributed by atoms with E-state index in [1.807, 2.05) is 6.08 Å². The summed E-state index contributed by atoms with van der Waals surface area (Å²) in [5.74, 6) is -0.307. The highest BCUT2D eigenvalue weighted by molar-refractivity contribution is 5.76. The van der Waals surface area contributed by atoms with Crippen molar-refractivity contribution in [1.82, 2.24) is 5.32 Å². The molecule has 0 radical (unpaired) electrons. The molecule has 0 aromatic heterocycles. The van der Waals surface area contributed by atoms with Crippen LogP contribution in [0.15, 0.2) is 134 Å². The molecule has 3 heterocycles. The molecule has 3 fully saturated rings. The monoisotopic (exact) mass is 1510 g/mol. The largest absolute Gasteiger partial charge is 0.394 e. The van der Waals surface area contributed by atoms with Gasteiger partial charge in [-0.15, -0.1) is 0 Å². The van der Waals surface area contributed by atoms with Crippen LogP contribution in [0, 0.1) is 0 Å². The predicted octanol–water partition coefficient (Wildman–Crippen LogP) is 14.8. The normalized spacial score (nSPS) is 26.2. The summed E-state index contributed by atoms with van der Waals surface area (Å²) in [5.41, 5.74) is 0. The zero-order valence-corrected chi connectivity index (χ0v) is 65.8. The number of aliphatic hydroxyl groups is 11. The Kier molecular flexibility index (Phi) is 60.4. The molecule has 614 valence electrons. The van der Waals surface area contributed by atoms with Crippen LogP contribution < -0.4 is 5.32 Å². The predicted molar refractivity (Wildman–Crippen MR) is 429 cm³/mol. The third kappa shape index (κ3) is 45.9. The van der Waals surface area contributed by atoms with E-state index in [2.05, 4.69) is 141 Å². The SMILES string of the molecule is CC/C=C\C/C=C\C/C=C\C/C=C\C/C=C\C/C=C\C/C=C\C/C=C\C/C=C\CCCCCCCC(=O)NC(COC1OC(CO)C(OC2OC(CO)C(OC3OC(CO)C(O)C(O)C3O)C(O)C2O)C(O)C1O)C(O)/C=C/CC/C=C/CCCCCCCCCCCCCCCCCCCCCCCCC. The second-order valence-electron chi connectivity index (χ2n) is 29.2. The van der Waals surface area contributed by atoms with Crippen molar-refractivity contribution < 1.29 is 89.4 Å². The van der Waals surface area contributed by atoms with Crippen LogP contribution in [0.25, 0.3) is 0 Å². The highest BCUT2D eigenvalue weighted by Crippen LogP contribution is 2.33. The number of carbonyl (C=O) groups excluding carboxylic acids is 1. The molecule has 3 aliphatic rings. The van der Waals surface area contributed by atoms with Gasteiger partial charge in [0, 0.05) is 6.42 Å². The number of hydrogen-bond donors (Lipinski definition) is 12. The van der Waals surface area contributed by atoms with Gasteiger partial charge in [-0.25, -0.2) is 0 Å². The number of nitrogens with one attached hydrogen (secondary N) is 1. The number of amides is 1. The van der Waals surface area contributed by atoms with Gasteiger partial charge in [0.05, 0.1) is 38.6 Å². The zero-order chi connectivity index (χ0) is 77.4. The van der Waals surface area contributed by atoms with Crippen LogP contribution >= 0.6 is 0 Å². The van der Waals surface area contributed by atoms with Crippen LogP contribution in [0.2, 0.25) is 0 Å². The lowest BCUT2D eigenvalue weighted by Gasteiger charge is -2.48. The molecule has 17 atom stereocenters. The fraction of sp³-hybridized carbons (Fsp3) is 0.739. The standard InChI is InChI=1S/C88H149NO18/c1-3-5-7-9-11-13-15-17-19-21-23-25-27-29-31-33-34-35-36-38-40-42-44-46-48-50-52-54-56-58-60-62-64-66-76(94)89-71(72(93)65-63-61-59-57-55-53-51-49-47-45-43-41-39-37-32-30-28-26-24-22-20-18-16-14-12-10-8-6-4-2)70-102-86-82(100)79(97)84(74(68-91)104-86)107-88-83(101)80(98)85(75(69-92)105-88)106-87-81(99)78(96)77(95)73(67-90)103-87/h5,7,11,13,17,19,23,25,29,31,34-35,38,40,44,46,50,52,55,57,63,65,71-75,77-88,90-93,95-101H,3-4,6,8-10,12,14-16,18,20-22,24,26-28,30,32-33,36-37,39,41-43,45,47-49,51,53-54,56,58-62,64,66-70H2,1-2H3,(H,89,94)/b7-5-,13-11-,19-17-,25-23-,31-29-,35-34-,40-38-,46-44-,52-50-,57-55+,65-63+. The Morgan fingerprint density at radius 2 is 0.654 bits per heavy atom. The number of rotatable bonds is 65. The molecule has 3 saturated heterocycles. The molecule has 0 aromatic rings.